The summed E-state index contributed by atoms with van der Waals surface area (Å²) in [5, 5.41) is 0. The molecule has 1 aromatic rings. The number of aromatic nitrogens is 1. The Bertz CT molecular complexity index is 292. The van der Waals surface area contributed by atoms with Crippen molar-refractivity contribution in [3.05, 3.63) is 28.5 Å². The molecule has 70 valence electrons. The zero-order valence-corrected chi connectivity index (χ0v) is 9.08. The molecule has 0 radical (unpaired) electrons. The maximum Gasteiger partial charge on any atom is 0.144 e. The Hall–Kier alpha value is -0.900. The topological polar surface area (TPSA) is 51.3 Å². The minimum atomic E-state index is 0.509. The second-order valence-corrected chi connectivity index (χ2v) is 3.54. The summed E-state index contributed by atoms with van der Waals surface area (Å²) in [7, 11) is 0. The van der Waals surface area contributed by atoms with Crippen molar-refractivity contribution in [3.8, 4) is 0 Å². The van der Waals surface area contributed by atoms with Gasteiger partial charge in [0.15, 0.2) is 0 Å². The minimum Gasteiger partial charge on any atom is -0.382 e. The van der Waals surface area contributed by atoms with E-state index < -0.39 is 0 Å². The molecule has 0 aliphatic carbocycles. The van der Waals surface area contributed by atoms with Crippen LogP contribution in [0.3, 0.4) is 0 Å². The molecule has 0 saturated heterocycles. The first-order valence-electron chi connectivity index (χ1n) is 4.16. The van der Waals surface area contributed by atoms with Crippen molar-refractivity contribution >= 4 is 21.8 Å². The van der Waals surface area contributed by atoms with Gasteiger partial charge in [-0.15, -0.1) is 0 Å². The summed E-state index contributed by atoms with van der Waals surface area (Å²) < 4.78 is 0.944. The number of nitrogens with two attached hydrogens (primary N) is 1. The molecule has 0 unspecified atom stereocenters. The van der Waals surface area contributed by atoms with Crippen LogP contribution >= 0.6 is 15.9 Å². The Kier molecular flexibility index (Phi) is 3.89. The molecule has 0 amide bonds. The van der Waals surface area contributed by atoms with Crippen LogP contribution in [0.2, 0.25) is 0 Å². The van der Waals surface area contributed by atoms with E-state index in [1.807, 2.05) is 12.1 Å². The highest BCUT2D eigenvalue weighted by Crippen LogP contribution is 2.07. The summed E-state index contributed by atoms with van der Waals surface area (Å²) in [6, 6.07) is 3.75. The molecular formula is C9H12BrN3. The minimum absolute atomic E-state index is 0.509. The fraction of sp³-hybridized carbons (Fsp3) is 0.333. The molecule has 0 saturated carbocycles. The number of nitrogens with zero attached hydrogens (tertiary/aromatic N) is 2. The Labute approximate surface area is 86.2 Å². The van der Waals surface area contributed by atoms with E-state index in [0.717, 1.165) is 23.1 Å². The van der Waals surface area contributed by atoms with E-state index >= 15 is 0 Å². The Balaban J connectivity index is 2.77. The fourth-order valence-corrected chi connectivity index (χ4v) is 1.08. The molecule has 0 aliphatic heterocycles. The lowest BCUT2D eigenvalue weighted by atomic mass is 10.3. The summed E-state index contributed by atoms with van der Waals surface area (Å²) in [5.74, 6) is 0.509. The van der Waals surface area contributed by atoms with Crippen LogP contribution in [0.1, 0.15) is 19.0 Å². The number of rotatable bonds is 3. The van der Waals surface area contributed by atoms with Crippen molar-refractivity contribution in [2.75, 3.05) is 6.54 Å². The lowest BCUT2D eigenvalue weighted by Crippen LogP contribution is -2.15. The predicted molar refractivity (Wildman–Crippen MR) is 57.8 cm³/mol. The average Bonchev–Trinajstić information content (AvgIpc) is 2.15. The van der Waals surface area contributed by atoms with Gasteiger partial charge in [0.25, 0.3) is 0 Å². The van der Waals surface area contributed by atoms with Gasteiger partial charge in [-0.05, 0) is 34.5 Å². The third-order valence-corrected chi connectivity index (χ3v) is 1.96. The summed E-state index contributed by atoms with van der Waals surface area (Å²) >= 11 is 3.30. The van der Waals surface area contributed by atoms with E-state index in [1.54, 1.807) is 6.20 Å². The number of pyridine rings is 1. The van der Waals surface area contributed by atoms with E-state index in [1.165, 1.54) is 0 Å². The highest BCUT2D eigenvalue weighted by molar-refractivity contribution is 9.10. The van der Waals surface area contributed by atoms with Crippen molar-refractivity contribution in [1.82, 2.24) is 4.98 Å². The van der Waals surface area contributed by atoms with Crippen LogP contribution in [0.4, 0.5) is 0 Å². The van der Waals surface area contributed by atoms with Crippen molar-refractivity contribution < 1.29 is 0 Å². The van der Waals surface area contributed by atoms with Gasteiger partial charge in [0, 0.05) is 17.2 Å². The van der Waals surface area contributed by atoms with Gasteiger partial charge in [0.2, 0.25) is 0 Å². The summed E-state index contributed by atoms with van der Waals surface area (Å²) in [5.41, 5.74) is 6.44. The van der Waals surface area contributed by atoms with Gasteiger partial charge in [-0.3, -0.25) is 9.98 Å². The molecule has 0 aliphatic rings. The molecule has 1 rings (SSSR count). The third kappa shape index (κ3) is 3.14. The molecular weight excluding hydrogens is 230 g/mol. The van der Waals surface area contributed by atoms with Crippen LogP contribution in [0.15, 0.2) is 27.8 Å². The van der Waals surface area contributed by atoms with Crippen molar-refractivity contribution in [3.63, 3.8) is 0 Å². The second-order valence-electron chi connectivity index (χ2n) is 2.63. The molecule has 0 aromatic carbocycles. The van der Waals surface area contributed by atoms with Gasteiger partial charge in [-0.1, -0.05) is 6.92 Å². The highest BCUT2D eigenvalue weighted by atomic mass is 79.9. The second kappa shape index (κ2) is 4.97. The molecule has 0 spiro atoms. The summed E-state index contributed by atoms with van der Waals surface area (Å²) in [6.07, 6.45) is 2.71. The fourth-order valence-electron chi connectivity index (χ4n) is 0.841. The van der Waals surface area contributed by atoms with Crippen LogP contribution in [0.25, 0.3) is 0 Å². The Morgan fingerprint density at radius 3 is 2.92 bits per heavy atom. The lowest BCUT2D eigenvalue weighted by Gasteiger charge is -1.99. The molecule has 0 atom stereocenters. The standard InChI is InChI=1S/C9H12BrN3/c1-2-5-12-9(11)8-4-3-7(10)6-13-8/h3-4,6H,2,5H2,1H3,(H2,11,12). The van der Waals surface area contributed by atoms with Gasteiger partial charge in [0.05, 0.1) is 0 Å². The first-order valence-corrected chi connectivity index (χ1v) is 4.95. The molecule has 0 fully saturated rings. The van der Waals surface area contributed by atoms with E-state index in [-0.39, 0.29) is 0 Å². The van der Waals surface area contributed by atoms with Crippen molar-refractivity contribution in [1.29, 1.82) is 0 Å². The van der Waals surface area contributed by atoms with Crippen LogP contribution in [-0.4, -0.2) is 17.4 Å². The number of hydrogen-bond acceptors (Lipinski definition) is 2. The largest absolute Gasteiger partial charge is 0.382 e. The molecule has 13 heavy (non-hydrogen) atoms. The summed E-state index contributed by atoms with van der Waals surface area (Å²) in [6.45, 7) is 2.81. The van der Waals surface area contributed by atoms with Crippen molar-refractivity contribution in [2.45, 2.75) is 13.3 Å². The first-order chi connectivity index (χ1) is 6.24. The van der Waals surface area contributed by atoms with Gasteiger partial charge < -0.3 is 5.73 Å². The van der Waals surface area contributed by atoms with Gasteiger partial charge in [0.1, 0.15) is 11.5 Å². The smallest absolute Gasteiger partial charge is 0.144 e. The highest BCUT2D eigenvalue weighted by Gasteiger charge is 1.97. The number of halogens is 1. The van der Waals surface area contributed by atoms with Gasteiger partial charge in [-0.25, -0.2) is 0 Å². The number of amidine groups is 1. The van der Waals surface area contributed by atoms with E-state index in [4.69, 9.17) is 5.73 Å². The van der Waals surface area contributed by atoms with E-state index in [0.29, 0.717) is 5.84 Å². The molecule has 1 aromatic heterocycles. The Morgan fingerprint density at radius 2 is 2.38 bits per heavy atom. The van der Waals surface area contributed by atoms with E-state index in [9.17, 15) is 0 Å². The SMILES string of the molecule is CCCN=C(N)c1ccc(Br)cn1. The van der Waals surface area contributed by atoms with Gasteiger partial charge in [-0.2, -0.15) is 0 Å². The average molecular weight is 242 g/mol. The van der Waals surface area contributed by atoms with E-state index in [2.05, 4.69) is 32.8 Å². The molecule has 3 nitrogen and oxygen atoms in total. The molecule has 4 heteroatoms. The predicted octanol–water partition coefficient (Wildman–Crippen LogP) is 1.96. The number of hydrogen-bond donors (Lipinski definition) is 1. The first kappa shape index (κ1) is 10.2. The normalized spacial score (nSPS) is 11.7. The van der Waals surface area contributed by atoms with Crippen LogP contribution in [-0.2, 0) is 0 Å². The maximum absolute atomic E-state index is 5.70. The van der Waals surface area contributed by atoms with Crippen LogP contribution < -0.4 is 5.73 Å². The maximum atomic E-state index is 5.70. The van der Waals surface area contributed by atoms with Crippen LogP contribution in [0, 0.1) is 0 Å². The zero-order valence-electron chi connectivity index (χ0n) is 7.50. The molecule has 0 bridgehead atoms. The Morgan fingerprint density at radius 1 is 1.62 bits per heavy atom. The van der Waals surface area contributed by atoms with Crippen LogP contribution in [0.5, 0.6) is 0 Å². The monoisotopic (exact) mass is 241 g/mol. The van der Waals surface area contributed by atoms with Crippen molar-refractivity contribution in [2.24, 2.45) is 10.7 Å². The molecule has 2 N–H and O–H groups in total. The van der Waals surface area contributed by atoms with Gasteiger partial charge >= 0.3 is 0 Å². The third-order valence-electron chi connectivity index (χ3n) is 1.50. The quantitative estimate of drug-likeness (QED) is 0.650. The lowest BCUT2D eigenvalue weighted by molar-refractivity contribution is 0.929. The zero-order chi connectivity index (χ0) is 9.68. The molecule has 1 heterocycles. The summed E-state index contributed by atoms with van der Waals surface area (Å²) in [4.78, 5) is 8.29. The number of aliphatic imine (C=N–C) groups is 1.